The number of hydrogen-bond acceptors (Lipinski definition) is 1. The van der Waals surface area contributed by atoms with E-state index in [1.54, 1.807) is 0 Å². The smallest absolute Gasteiger partial charge is 0.0951 e. The zero-order chi connectivity index (χ0) is 13.4. The van der Waals surface area contributed by atoms with Crippen LogP contribution in [0, 0.1) is 5.92 Å². The summed E-state index contributed by atoms with van der Waals surface area (Å²) in [5.74, 6) is 0.707. The van der Waals surface area contributed by atoms with Crippen molar-refractivity contribution >= 4 is 0 Å². The second-order valence-corrected chi connectivity index (χ2v) is 5.78. The highest BCUT2D eigenvalue weighted by Gasteiger charge is 2.30. The minimum Gasteiger partial charge on any atom is -0.331 e. The predicted molar refractivity (Wildman–Crippen MR) is 78.7 cm³/mol. The van der Waals surface area contributed by atoms with Crippen LogP contribution in [0.25, 0.3) is 0 Å². The molecule has 2 unspecified atom stereocenters. The highest BCUT2D eigenvalue weighted by molar-refractivity contribution is 4.91. The van der Waals surface area contributed by atoms with Crippen LogP contribution < -0.4 is 0 Å². The van der Waals surface area contributed by atoms with Crippen molar-refractivity contribution in [3.63, 3.8) is 0 Å². The maximum absolute atomic E-state index is 4.20. The summed E-state index contributed by atoms with van der Waals surface area (Å²) in [4.78, 5) is 4.20. The van der Waals surface area contributed by atoms with Crippen LogP contribution in [-0.4, -0.2) is 9.55 Å². The van der Waals surface area contributed by atoms with E-state index in [0.717, 1.165) is 0 Å². The van der Waals surface area contributed by atoms with Crippen molar-refractivity contribution in [2.45, 2.75) is 78.2 Å². The molecule has 0 saturated heterocycles. The Bertz CT molecular complexity index is 305. The lowest BCUT2D eigenvalue weighted by Crippen LogP contribution is -2.35. The summed E-state index contributed by atoms with van der Waals surface area (Å²) in [5.41, 5.74) is 0.223. The van der Waals surface area contributed by atoms with Crippen molar-refractivity contribution in [1.82, 2.24) is 9.55 Å². The number of hydrogen-bond donors (Lipinski definition) is 0. The first-order valence-electron chi connectivity index (χ1n) is 7.63. The third kappa shape index (κ3) is 3.86. The fourth-order valence-electron chi connectivity index (χ4n) is 2.71. The lowest BCUT2D eigenvalue weighted by molar-refractivity contribution is 0.182. The van der Waals surface area contributed by atoms with Gasteiger partial charge >= 0.3 is 0 Å². The lowest BCUT2D eigenvalue weighted by atomic mass is 9.81. The van der Waals surface area contributed by atoms with E-state index in [-0.39, 0.29) is 5.54 Å². The number of nitrogens with zero attached hydrogens (tertiary/aromatic N) is 2. The number of imidazole rings is 1. The second-order valence-electron chi connectivity index (χ2n) is 5.78. The normalized spacial score (nSPS) is 16.4. The van der Waals surface area contributed by atoms with Crippen molar-refractivity contribution in [3.05, 3.63) is 18.7 Å². The van der Waals surface area contributed by atoms with Crippen molar-refractivity contribution in [1.29, 1.82) is 0 Å². The molecule has 0 N–H and O–H groups in total. The van der Waals surface area contributed by atoms with Crippen molar-refractivity contribution in [2.24, 2.45) is 5.92 Å². The van der Waals surface area contributed by atoms with Crippen LogP contribution in [0.4, 0.5) is 0 Å². The van der Waals surface area contributed by atoms with Crippen LogP contribution in [0.3, 0.4) is 0 Å². The molecule has 0 bridgehead atoms. The third-order valence-electron chi connectivity index (χ3n) is 4.61. The molecule has 0 aliphatic rings. The summed E-state index contributed by atoms with van der Waals surface area (Å²) in [7, 11) is 0. The van der Waals surface area contributed by atoms with Gasteiger partial charge in [-0.05, 0) is 25.7 Å². The Morgan fingerprint density at radius 2 is 1.89 bits per heavy atom. The van der Waals surface area contributed by atoms with E-state index in [9.17, 15) is 0 Å². The third-order valence-corrected chi connectivity index (χ3v) is 4.61. The van der Waals surface area contributed by atoms with Gasteiger partial charge in [-0.2, -0.15) is 0 Å². The monoisotopic (exact) mass is 250 g/mol. The largest absolute Gasteiger partial charge is 0.331 e. The molecule has 1 aromatic heterocycles. The Kier molecular flexibility index (Phi) is 6.45. The zero-order valence-electron chi connectivity index (χ0n) is 12.7. The average Bonchev–Trinajstić information content (AvgIpc) is 2.91. The van der Waals surface area contributed by atoms with Crippen LogP contribution in [0.2, 0.25) is 0 Å². The van der Waals surface area contributed by atoms with Gasteiger partial charge in [0.05, 0.1) is 6.33 Å². The number of unbranched alkanes of at least 4 members (excludes halogenated alkanes) is 4. The first-order valence-corrected chi connectivity index (χ1v) is 7.63. The van der Waals surface area contributed by atoms with Crippen LogP contribution in [0.15, 0.2) is 18.7 Å². The van der Waals surface area contributed by atoms with Gasteiger partial charge in [0.15, 0.2) is 0 Å². The van der Waals surface area contributed by atoms with E-state index in [1.807, 2.05) is 12.5 Å². The van der Waals surface area contributed by atoms with Gasteiger partial charge < -0.3 is 4.57 Å². The fourth-order valence-corrected chi connectivity index (χ4v) is 2.71. The van der Waals surface area contributed by atoms with Crippen LogP contribution in [0.1, 0.15) is 72.6 Å². The fraction of sp³-hybridized carbons (Fsp3) is 0.812. The molecule has 0 spiro atoms. The molecule has 0 aromatic carbocycles. The van der Waals surface area contributed by atoms with E-state index in [4.69, 9.17) is 0 Å². The molecule has 0 saturated carbocycles. The topological polar surface area (TPSA) is 17.8 Å². The molecule has 0 aliphatic heterocycles. The SMILES string of the molecule is CCCCCCCC(C)C(C)(CC)n1ccnc1. The molecule has 1 heterocycles. The number of aromatic nitrogens is 2. The Morgan fingerprint density at radius 1 is 1.17 bits per heavy atom. The van der Waals surface area contributed by atoms with Crippen LogP contribution in [-0.2, 0) is 5.54 Å². The second kappa shape index (κ2) is 7.60. The Labute approximate surface area is 113 Å². The van der Waals surface area contributed by atoms with Gasteiger partial charge in [-0.25, -0.2) is 4.98 Å². The molecule has 104 valence electrons. The molecular weight excluding hydrogens is 220 g/mol. The lowest BCUT2D eigenvalue weighted by Gasteiger charge is -2.36. The maximum Gasteiger partial charge on any atom is 0.0951 e. The van der Waals surface area contributed by atoms with E-state index in [2.05, 4.69) is 43.4 Å². The van der Waals surface area contributed by atoms with E-state index < -0.39 is 0 Å². The molecule has 0 fully saturated rings. The molecule has 0 radical (unpaired) electrons. The first kappa shape index (κ1) is 15.3. The number of rotatable bonds is 9. The average molecular weight is 250 g/mol. The Hall–Kier alpha value is -0.790. The molecule has 0 aliphatic carbocycles. The van der Waals surface area contributed by atoms with Gasteiger partial charge in [0.2, 0.25) is 0 Å². The van der Waals surface area contributed by atoms with Crippen LogP contribution >= 0.6 is 0 Å². The van der Waals surface area contributed by atoms with Gasteiger partial charge in [0.1, 0.15) is 0 Å². The standard InChI is InChI=1S/C16H30N2/c1-5-7-8-9-10-11-15(3)16(4,6-2)18-13-12-17-14-18/h12-15H,5-11H2,1-4H3. The minimum atomic E-state index is 0.223. The van der Waals surface area contributed by atoms with E-state index in [1.165, 1.54) is 44.9 Å². The van der Waals surface area contributed by atoms with E-state index in [0.29, 0.717) is 5.92 Å². The van der Waals surface area contributed by atoms with Gasteiger partial charge in [-0.1, -0.05) is 52.9 Å². The minimum absolute atomic E-state index is 0.223. The molecule has 2 heteroatoms. The molecular formula is C16H30N2. The summed E-state index contributed by atoms with van der Waals surface area (Å²) in [6, 6.07) is 0. The summed E-state index contributed by atoms with van der Waals surface area (Å²) >= 11 is 0. The van der Waals surface area contributed by atoms with Crippen molar-refractivity contribution in [3.8, 4) is 0 Å². The molecule has 1 aromatic rings. The van der Waals surface area contributed by atoms with Crippen molar-refractivity contribution < 1.29 is 0 Å². The predicted octanol–water partition coefficient (Wildman–Crippen LogP) is 5.00. The summed E-state index contributed by atoms with van der Waals surface area (Å²) < 4.78 is 2.30. The molecule has 1 rings (SSSR count). The van der Waals surface area contributed by atoms with Crippen molar-refractivity contribution in [2.75, 3.05) is 0 Å². The first-order chi connectivity index (χ1) is 8.65. The maximum atomic E-state index is 4.20. The van der Waals surface area contributed by atoms with Gasteiger partial charge in [0, 0.05) is 17.9 Å². The Morgan fingerprint density at radius 3 is 2.44 bits per heavy atom. The molecule has 2 atom stereocenters. The quantitative estimate of drug-likeness (QED) is 0.564. The van der Waals surface area contributed by atoms with E-state index >= 15 is 0 Å². The zero-order valence-corrected chi connectivity index (χ0v) is 12.7. The molecule has 0 amide bonds. The van der Waals surface area contributed by atoms with Gasteiger partial charge in [-0.15, -0.1) is 0 Å². The highest BCUT2D eigenvalue weighted by atomic mass is 15.1. The molecule has 18 heavy (non-hydrogen) atoms. The van der Waals surface area contributed by atoms with Gasteiger partial charge in [0.25, 0.3) is 0 Å². The Balaban J connectivity index is 2.45. The van der Waals surface area contributed by atoms with Gasteiger partial charge in [-0.3, -0.25) is 0 Å². The summed E-state index contributed by atoms with van der Waals surface area (Å²) in [6.45, 7) is 9.32. The molecule has 2 nitrogen and oxygen atoms in total. The summed E-state index contributed by atoms with van der Waals surface area (Å²) in [6.07, 6.45) is 15.3. The summed E-state index contributed by atoms with van der Waals surface area (Å²) in [5, 5.41) is 0. The van der Waals surface area contributed by atoms with Crippen LogP contribution in [0.5, 0.6) is 0 Å². The highest BCUT2D eigenvalue weighted by Crippen LogP contribution is 2.33.